The Bertz CT molecular complexity index is 643. The average Bonchev–Trinajstić information content (AvgIpc) is 2.47. The van der Waals surface area contributed by atoms with Gasteiger partial charge in [0.05, 0.1) is 16.6 Å². The van der Waals surface area contributed by atoms with Gasteiger partial charge in [-0.05, 0) is 47.1 Å². The lowest BCUT2D eigenvalue weighted by molar-refractivity contribution is 0.0526. The van der Waals surface area contributed by atoms with Crippen molar-refractivity contribution in [3.63, 3.8) is 0 Å². The number of rotatable bonds is 5. The molecule has 0 aliphatic heterocycles. The lowest BCUT2D eigenvalue weighted by Gasteiger charge is -2.10. The lowest BCUT2D eigenvalue weighted by atomic mass is 10.2. The molecule has 0 spiro atoms. The zero-order chi connectivity index (χ0) is 15.2. The molecule has 0 atom stereocenters. The molecule has 3 nitrogen and oxygen atoms in total. The topological polar surface area (TPSA) is 35.5 Å². The monoisotopic (exact) mass is 352 g/mol. The van der Waals surface area contributed by atoms with Crippen LogP contribution in [0.1, 0.15) is 22.8 Å². The van der Waals surface area contributed by atoms with Gasteiger partial charge in [0.25, 0.3) is 0 Å². The molecule has 0 aliphatic rings. The van der Waals surface area contributed by atoms with E-state index in [1.54, 1.807) is 43.3 Å². The Balaban J connectivity index is 2.08. The van der Waals surface area contributed by atoms with Gasteiger partial charge in [-0.1, -0.05) is 18.2 Å². The van der Waals surface area contributed by atoms with Crippen LogP contribution in [0.5, 0.6) is 5.75 Å². The molecule has 0 saturated carbocycles. The maximum Gasteiger partial charge on any atom is 0.338 e. The Kier molecular flexibility index (Phi) is 5.33. The van der Waals surface area contributed by atoms with Crippen molar-refractivity contribution in [2.45, 2.75) is 13.5 Å². The molecule has 2 aromatic rings. The molecule has 0 saturated heterocycles. The zero-order valence-electron chi connectivity index (χ0n) is 11.4. The Morgan fingerprint density at radius 1 is 1.24 bits per heavy atom. The van der Waals surface area contributed by atoms with Crippen molar-refractivity contribution >= 4 is 21.9 Å². The highest BCUT2D eigenvalue weighted by atomic mass is 79.9. The molecule has 0 heterocycles. The van der Waals surface area contributed by atoms with Crippen LogP contribution in [0.3, 0.4) is 0 Å². The Morgan fingerprint density at radius 3 is 2.67 bits per heavy atom. The average molecular weight is 353 g/mol. The standard InChI is InChI=1S/C16H14BrFO3/c1-2-20-16(19)11-7-8-15(13(17)9-11)21-10-12-5-3-4-6-14(12)18/h3-9H,2,10H2,1H3. The number of benzene rings is 2. The molecular weight excluding hydrogens is 339 g/mol. The van der Waals surface area contributed by atoms with E-state index in [-0.39, 0.29) is 18.4 Å². The van der Waals surface area contributed by atoms with Gasteiger partial charge < -0.3 is 9.47 Å². The summed E-state index contributed by atoms with van der Waals surface area (Å²) in [7, 11) is 0. The zero-order valence-corrected chi connectivity index (χ0v) is 13.0. The van der Waals surface area contributed by atoms with Gasteiger partial charge >= 0.3 is 5.97 Å². The van der Waals surface area contributed by atoms with Crippen LogP contribution in [-0.2, 0) is 11.3 Å². The fraction of sp³-hybridized carbons (Fsp3) is 0.188. The smallest absolute Gasteiger partial charge is 0.338 e. The molecule has 5 heteroatoms. The summed E-state index contributed by atoms with van der Waals surface area (Å²) in [5.74, 6) is -0.165. The van der Waals surface area contributed by atoms with Gasteiger partial charge in [-0.15, -0.1) is 0 Å². The van der Waals surface area contributed by atoms with E-state index in [1.807, 2.05) is 0 Å². The van der Waals surface area contributed by atoms with E-state index in [2.05, 4.69) is 15.9 Å². The summed E-state index contributed by atoms with van der Waals surface area (Å²) in [6, 6.07) is 11.3. The number of carbonyl (C=O) groups excluding carboxylic acids is 1. The Labute approximate surface area is 130 Å². The molecule has 2 aromatic carbocycles. The SMILES string of the molecule is CCOC(=O)c1ccc(OCc2ccccc2F)c(Br)c1. The number of hydrogen-bond donors (Lipinski definition) is 0. The predicted octanol–water partition coefficient (Wildman–Crippen LogP) is 4.34. The number of halogens is 2. The van der Waals surface area contributed by atoms with Crippen LogP contribution in [0.4, 0.5) is 4.39 Å². The van der Waals surface area contributed by atoms with Crippen molar-refractivity contribution in [2.24, 2.45) is 0 Å². The van der Waals surface area contributed by atoms with Crippen LogP contribution in [0.25, 0.3) is 0 Å². The van der Waals surface area contributed by atoms with Gasteiger partial charge in [0.1, 0.15) is 18.2 Å². The normalized spacial score (nSPS) is 10.2. The highest BCUT2D eigenvalue weighted by molar-refractivity contribution is 9.10. The van der Waals surface area contributed by atoms with Gasteiger partial charge in [0, 0.05) is 5.56 Å². The summed E-state index contributed by atoms with van der Waals surface area (Å²) in [5.41, 5.74) is 0.904. The van der Waals surface area contributed by atoms with Crippen molar-refractivity contribution in [2.75, 3.05) is 6.61 Å². The lowest BCUT2D eigenvalue weighted by Crippen LogP contribution is -2.05. The van der Waals surface area contributed by atoms with Gasteiger partial charge in [-0.2, -0.15) is 0 Å². The number of esters is 1. The molecule has 0 unspecified atom stereocenters. The first-order valence-corrected chi connectivity index (χ1v) is 7.24. The van der Waals surface area contributed by atoms with Crippen LogP contribution in [-0.4, -0.2) is 12.6 Å². The molecule has 0 aliphatic carbocycles. The van der Waals surface area contributed by atoms with E-state index in [0.717, 1.165) is 0 Å². The van der Waals surface area contributed by atoms with Gasteiger partial charge in [-0.25, -0.2) is 9.18 Å². The third kappa shape index (κ3) is 4.04. The molecule has 21 heavy (non-hydrogen) atoms. The quantitative estimate of drug-likeness (QED) is 0.750. The highest BCUT2D eigenvalue weighted by Crippen LogP contribution is 2.27. The summed E-state index contributed by atoms with van der Waals surface area (Å²) < 4.78 is 24.6. The minimum Gasteiger partial charge on any atom is -0.488 e. The summed E-state index contributed by atoms with van der Waals surface area (Å²) in [6.45, 7) is 2.19. The molecule has 0 aromatic heterocycles. The molecule has 0 amide bonds. The highest BCUT2D eigenvalue weighted by Gasteiger charge is 2.10. The maximum atomic E-state index is 13.5. The third-order valence-corrected chi connectivity index (χ3v) is 3.40. The van der Waals surface area contributed by atoms with Gasteiger partial charge in [0.15, 0.2) is 0 Å². The maximum absolute atomic E-state index is 13.5. The van der Waals surface area contributed by atoms with Gasteiger partial charge in [-0.3, -0.25) is 0 Å². The second-order valence-electron chi connectivity index (χ2n) is 4.25. The van der Waals surface area contributed by atoms with Crippen LogP contribution in [0.15, 0.2) is 46.9 Å². The van der Waals surface area contributed by atoms with Crippen molar-refractivity contribution < 1.29 is 18.7 Å². The molecule has 110 valence electrons. The fourth-order valence-electron chi connectivity index (χ4n) is 1.73. The molecule has 0 N–H and O–H groups in total. The van der Waals surface area contributed by atoms with Gasteiger partial charge in [0.2, 0.25) is 0 Å². The van der Waals surface area contributed by atoms with E-state index < -0.39 is 0 Å². The predicted molar refractivity (Wildman–Crippen MR) is 80.8 cm³/mol. The van der Waals surface area contributed by atoms with E-state index in [1.165, 1.54) is 6.07 Å². The molecule has 0 fully saturated rings. The molecule has 0 radical (unpaired) electrons. The van der Waals surface area contributed by atoms with Crippen LogP contribution in [0, 0.1) is 5.82 Å². The van der Waals surface area contributed by atoms with Crippen molar-refractivity contribution in [3.8, 4) is 5.75 Å². The van der Waals surface area contributed by atoms with Crippen LogP contribution >= 0.6 is 15.9 Å². The molecular formula is C16H14BrFO3. The number of hydrogen-bond acceptors (Lipinski definition) is 3. The number of ether oxygens (including phenoxy) is 2. The first-order valence-electron chi connectivity index (χ1n) is 6.44. The molecule has 2 rings (SSSR count). The summed E-state index contributed by atoms with van der Waals surface area (Å²) in [6.07, 6.45) is 0. The first-order chi connectivity index (χ1) is 10.1. The van der Waals surface area contributed by atoms with Crippen LogP contribution in [0.2, 0.25) is 0 Å². The third-order valence-electron chi connectivity index (χ3n) is 2.78. The van der Waals surface area contributed by atoms with Crippen LogP contribution < -0.4 is 4.74 Å². The van der Waals surface area contributed by atoms with Crippen molar-refractivity contribution in [1.82, 2.24) is 0 Å². The second kappa shape index (κ2) is 7.22. The molecule has 0 bridgehead atoms. The van der Waals surface area contributed by atoms with E-state index in [9.17, 15) is 9.18 Å². The summed E-state index contributed by atoms with van der Waals surface area (Å²) >= 11 is 3.33. The first kappa shape index (κ1) is 15.5. The largest absolute Gasteiger partial charge is 0.488 e. The summed E-state index contributed by atoms with van der Waals surface area (Å²) in [4.78, 5) is 11.6. The van der Waals surface area contributed by atoms with E-state index in [0.29, 0.717) is 28.0 Å². The Hall–Kier alpha value is -1.88. The van der Waals surface area contributed by atoms with Crippen molar-refractivity contribution in [3.05, 3.63) is 63.9 Å². The van der Waals surface area contributed by atoms with E-state index in [4.69, 9.17) is 9.47 Å². The Morgan fingerprint density at radius 2 is 2.00 bits per heavy atom. The second-order valence-corrected chi connectivity index (χ2v) is 5.10. The summed E-state index contributed by atoms with van der Waals surface area (Å²) in [5, 5.41) is 0. The van der Waals surface area contributed by atoms with Crippen molar-refractivity contribution in [1.29, 1.82) is 0 Å². The minimum absolute atomic E-state index is 0.115. The van der Waals surface area contributed by atoms with E-state index >= 15 is 0 Å². The fourth-order valence-corrected chi connectivity index (χ4v) is 2.22. The number of carbonyl (C=O) groups is 1. The minimum atomic E-state index is -0.390.